The Morgan fingerprint density at radius 1 is 1.33 bits per heavy atom. The Labute approximate surface area is 105 Å². The number of nitrogen functional groups attached to an aromatic ring is 1. The summed E-state index contributed by atoms with van der Waals surface area (Å²) in [6.07, 6.45) is 0. The molecule has 0 fully saturated rings. The molecule has 1 aromatic carbocycles. The number of aryl methyl sites for hydroxylation is 1. The van der Waals surface area contributed by atoms with Crippen molar-refractivity contribution in [3.05, 3.63) is 41.7 Å². The first-order chi connectivity index (χ1) is 8.61. The molecule has 0 atom stereocenters. The first kappa shape index (κ1) is 12.2. The topological polar surface area (TPSA) is 65.5 Å². The lowest BCUT2D eigenvalue weighted by Crippen LogP contribution is -2.02. The number of furan rings is 1. The van der Waals surface area contributed by atoms with Crippen molar-refractivity contribution in [3.63, 3.8) is 0 Å². The molecule has 0 radical (unpaired) electrons. The van der Waals surface area contributed by atoms with E-state index in [1.54, 1.807) is 19.1 Å². The summed E-state index contributed by atoms with van der Waals surface area (Å²) in [5, 5.41) is 0. The van der Waals surface area contributed by atoms with Crippen molar-refractivity contribution < 1.29 is 13.9 Å². The van der Waals surface area contributed by atoms with E-state index in [2.05, 4.69) is 0 Å². The fourth-order valence-corrected chi connectivity index (χ4v) is 1.60. The van der Waals surface area contributed by atoms with Gasteiger partial charge >= 0.3 is 5.97 Å². The van der Waals surface area contributed by atoms with Gasteiger partial charge in [0, 0.05) is 11.3 Å². The molecule has 18 heavy (non-hydrogen) atoms. The largest absolute Gasteiger partial charge is 0.460 e. The second-order valence-corrected chi connectivity index (χ2v) is 3.96. The minimum atomic E-state index is -0.455. The van der Waals surface area contributed by atoms with Crippen LogP contribution in [0.4, 0.5) is 5.69 Å². The summed E-state index contributed by atoms with van der Waals surface area (Å²) in [6.45, 7) is 4.01. The van der Waals surface area contributed by atoms with Crippen LogP contribution in [0.25, 0.3) is 11.3 Å². The summed E-state index contributed by atoms with van der Waals surface area (Å²) >= 11 is 0. The van der Waals surface area contributed by atoms with Crippen LogP contribution in [0.3, 0.4) is 0 Å². The molecule has 1 aromatic heterocycles. The molecule has 0 saturated heterocycles. The Hall–Kier alpha value is -2.23. The molecule has 0 spiro atoms. The Morgan fingerprint density at radius 3 is 2.78 bits per heavy atom. The molecule has 4 nitrogen and oxygen atoms in total. The van der Waals surface area contributed by atoms with E-state index in [1.165, 1.54) is 0 Å². The number of esters is 1. The van der Waals surface area contributed by atoms with Gasteiger partial charge in [-0.3, -0.25) is 0 Å². The minimum Gasteiger partial charge on any atom is -0.460 e. The van der Waals surface area contributed by atoms with Crippen LogP contribution in [0.15, 0.2) is 34.7 Å². The Kier molecular flexibility index (Phi) is 3.37. The van der Waals surface area contributed by atoms with Crippen LogP contribution in [-0.2, 0) is 4.74 Å². The van der Waals surface area contributed by atoms with Crippen LogP contribution < -0.4 is 5.73 Å². The predicted octanol–water partition coefficient (Wildman–Crippen LogP) is 3.01. The molecule has 0 unspecified atom stereocenters. The molecule has 0 bridgehead atoms. The highest BCUT2D eigenvalue weighted by Crippen LogP contribution is 2.25. The predicted molar refractivity (Wildman–Crippen MR) is 69.2 cm³/mol. The summed E-state index contributed by atoms with van der Waals surface area (Å²) in [5.74, 6) is 0.347. The zero-order chi connectivity index (χ0) is 13.1. The number of hydrogen-bond donors (Lipinski definition) is 1. The smallest absolute Gasteiger partial charge is 0.374 e. The summed E-state index contributed by atoms with van der Waals surface area (Å²) in [5.41, 5.74) is 8.39. The molecule has 0 aliphatic carbocycles. The van der Waals surface area contributed by atoms with E-state index < -0.39 is 5.97 Å². The van der Waals surface area contributed by atoms with Gasteiger partial charge in [-0.2, -0.15) is 0 Å². The van der Waals surface area contributed by atoms with Crippen LogP contribution in [-0.4, -0.2) is 12.6 Å². The maximum absolute atomic E-state index is 11.5. The van der Waals surface area contributed by atoms with Crippen LogP contribution in [0.5, 0.6) is 0 Å². The Morgan fingerprint density at radius 2 is 2.11 bits per heavy atom. The van der Waals surface area contributed by atoms with Gasteiger partial charge in [-0.25, -0.2) is 4.79 Å². The van der Waals surface area contributed by atoms with Crippen molar-refractivity contribution in [2.75, 3.05) is 12.3 Å². The van der Waals surface area contributed by atoms with Gasteiger partial charge < -0.3 is 14.9 Å². The highest BCUT2D eigenvalue weighted by Gasteiger charge is 2.13. The number of nitrogens with two attached hydrogens (primary N) is 1. The van der Waals surface area contributed by atoms with Crippen molar-refractivity contribution in [3.8, 4) is 11.3 Å². The molecular formula is C14H15NO3. The number of anilines is 1. The monoisotopic (exact) mass is 245 g/mol. The van der Waals surface area contributed by atoms with Gasteiger partial charge in [0.25, 0.3) is 0 Å². The van der Waals surface area contributed by atoms with Gasteiger partial charge in [-0.1, -0.05) is 12.1 Å². The van der Waals surface area contributed by atoms with Crippen molar-refractivity contribution in [1.82, 2.24) is 0 Å². The van der Waals surface area contributed by atoms with Crippen LogP contribution in [0.1, 0.15) is 23.0 Å². The molecule has 2 rings (SSSR count). The Balaban J connectivity index is 2.29. The molecule has 2 N–H and O–H groups in total. The molecule has 94 valence electrons. The number of carbonyl (C=O) groups is 1. The molecule has 4 heteroatoms. The third-order valence-electron chi connectivity index (χ3n) is 2.65. The highest BCUT2D eigenvalue weighted by atomic mass is 16.5. The summed E-state index contributed by atoms with van der Waals surface area (Å²) in [4.78, 5) is 11.5. The molecular weight excluding hydrogens is 230 g/mol. The number of hydrogen-bond acceptors (Lipinski definition) is 4. The molecule has 0 aliphatic heterocycles. The van der Waals surface area contributed by atoms with Crippen molar-refractivity contribution in [2.45, 2.75) is 13.8 Å². The molecule has 1 heterocycles. The summed E-state index contributed by atoms with van der Waals surface area (Å²) in [7, 11) is 0. The average molecular weight is 245 g/mol. The van der Waals surface area contributed by atoms with Gasteiger partial charge in [-0.15, -0.1) is 0 Å². The van der Waals surface area contributed by atoms with E-state index >= 15 is 0 Å². The van der Waals surface area contributed by atoms with E-state index in [-0.39, 0.29) is 5.76 Å². The standard InChI is InChI=1S/C14H15NO3/c1-3-17-14(16)13-7-6-12(18-13)10-5-4-9(2)11(15)8-10/h4-8H,3,15H2,1-2H3. The molecule has 0 aliphatic rings. The molecule has 2 aromatic rings. The van der Waals surface area contributed by atoms with Crippen LogP contribution in [0, 0.1) is 6.92 Å². The SMILES string of the molecule is CCOC(=O)c1ccc(-c2ccc(C)c(N)c2)o1. The van der Waals surface area contributed by atoms with Crippen LogP contribution >= 0.6 is 0 Å². The second-order valence-electron chi connectivity index (χ2n) is 3.96. The quantitative estimate of drug-likeness (QED) is 0.666. The zero-order valence-electron chi connectivity index (χ0n) is 10.4. The fraction of sp³-hybridized carbons (Fsp3) is 0.214. The number of ether oxygens (including phenoxy) is 1. The highest BCUT2D eigenvalue weighted by molar-refractivity contribution is 5.87. The lowest BCUT2D eigenvalue weighted by molar-refractivity contribution is 0.0491. The van der Waals surface area contributed by atoms with Crippen molar-refractivity contribution >= 4 is 11.7 Å². The maximum atomic E-state index is 11.5. The normalized spacial score (nSPS) is 10.3. The first-order valence-corrected chi connectivity index (χ1v) is 5.75. The van der Waals surface area contributed by atoms with Crippen molar-refractivity contribution in [1.29, 1.82) is 0 Å². The molecule has 0 saturated carbocycles. The third kappa shape index (κ3) is 2.37. The fourth-order valence-electron chi connectivity index (χ4n) is 1.60. The lowest BCUT2D eigenvalue weighted by atomic mass is 10.1. The van der Waals surface area contributed by atoms with Crippen molar-refractivity contribution in [2.24, 2.45) is 0 Å². The van der Waals surface area contributed by atoms with E-state index in [9.17, 15) is 4.79 Å². The minimum absolute atomic E-state index is 0.200. The van der Waals surface area contributed by atoms with E-state index in [0.717, 1.165) is 11.1 Å². The van der Waals surface area contributed by atoms with Gasteiger partial charge in [0.1, 0.15) is 5.76 Å². The van der Waals surface area contributed by atoms with Gasteiger partial charge in [0.2, 0.25) is 5.76 Å². The number of benzene rings is 1. The average Bonchev–Trinajstić information content (AvgIpc) is 2.82. The van der Waals surface area contributed by atoms with E-state index in [4.69, 9.17) is 14.9 Å². The Bertz CT molecular complexity index is 572. The van der Waals surface area contributed by atoms with Gasteiger partial charge in [0.15, 0.2) is 0 Å². The van der Waals surface area contributed by atoms with Gasteiger partial charge in [0.05, 0.1) is 6.61 Å². The number of carbonyl (C=O) groups excluding carboxylic acids is 1. The zero-order valence-corrected chi connectivity index (χ0v) is 10.4. The molecule has 0 amide bonds. The van der Waals surface area contributed by atoms with E-state index in [1.807, 2.05) is 25.1 Å². The number of rotatable bonds is 3. The summed E-state index contributed by atoms with van der Waals surface area (Å²) < 4.78 is 10.3. The lowest BCUT2D eigenvalue weighted by Gasteiger charge is -2.02. The van der Waals surface area contributed by atoms with E-state index in [0.29, 0.717) is 18.1 Å². The van der Waals surface area contributed by atoms with Gasteiger partial charge in [-0.05, 0) is 37.6 Å². The second kappa shape index (κ2) is 4.96. The third-order valence-corrected chi connectivity index (χ3v) is 2.65. The summed E-state index contributed by atoms with van der Waals surface area (Å²) in [6, 6.07) is 8.97. The van der Waals surface area contributed by atoms with Crippen LogP contribution in [0.2, 0.25) is 0 Å². The maximum Gasteiger partial charge on any atom is 0.374 e. The first-order valence-electron chi connectivity index (χ1n) is 5.75.